The van der Waals surface area contributed by atoms with Gasteiger partial charge in [-0.25, -0.2) is 9.18 Å². The summed E-state index contributed by atoms with van der Waals surface area (Å²) in [7, 11) is 0. The van der Waals surface area contributed by atoms with E-state index in [2.05, 4.69) is 0 Å². The van der Waals surface area contributed by atoms with E-state index in [1.54, 1.807) is 24.3 Å². The van der Waals surface area contributed by atoms with E-state index < -0.39 is 29.9 Å². The van der Waals surface area contributed by atoms with Gasteiger partial charge in [-0.15, -0.1) is 0 Å². The fraction of sp³-hybridized carbons (Fsp3) is 0.167. The van der Waals surface area contributed by atoms with Crippen molar-refractivity contribution in [3.05, 3.63) is 70.5 Å². The van der Waals surface area contributed by atoms with Crippen LogP contribution in [0, 0.1) is 5.82 Å². The summed E-state index contributed by atoms with van der Waals surface area (Å²) < 4.78 is 13.0. The Morgan fingerprint density at radius 1 is 1.00 bits per heavy atom. The molecule has 0 spiro atoms. The predicted octanol–water partition coefficient (Wildman–Crippen LogP) is 3.05. The topological polar surface area (TPSA) is 74.7 Å². The van der Waals surface area contributed by atoms with Crippen LogP contribution in [-0.2, 0) is 27.5 Å². The van der Waals surface area contributed by atoms with Crippen LogP contribution in [0.25, 0.3) is 0 Å². The molecule has 0 atom stereocenters. The Kier molecular flexibility index (Phi) is 6.25. The summed E-state index contributed by atoms with van der Waals surface area (Å²) in [6.45, 7) is 0.194. The van der Waals surface area contributed by atoms with Gasteiger partial charge in [-0.1, -0.05) is 41.9 Å². The molecule has 1 N–H and O–H groups in total. The highest BCUT2D eigenvalue weighted by Crippen LogP contribution is 2.19. The van der Waals surface area contributed by atoms with E-state index >= 15 is 0 Å². The monoisotopic (exact) mass is 363 g/mol. The molecule has 7 heteroatoms. The molecule has 0 fully saturated rings. The number of nitrogens with zero attached hydrogens (tertiary/aromatic N) is 1. The van der Waals surface area contributed by atoms with Crippen molar-refractivity contribution < 1.29 is 23.9 Å². The molecule has 0 aliphatic carbocycles. The Morgan fingerprint density at radius 3 is 2.24 bits per heavy atom. The lowest BCUT2D eigenvalue weighted by Gasteiger charge is -2.23. The highest BCUT2D eigenvalue weighted by atomic mass is 35.5. The number of rotatable bonds is 7. The number of Topliss-reactive ketones (excluding diaryl/α,β-unsaturated/α-hetero) is 1. The van der Waals surface area contributed by atoms with Crippen molar-refractivity contribution >= 4 is 29.3 Å². The second kappa shape index (κ2) is 8.39. The van der Waals surface area contributed by atoms with Crippen molar-refractivity contribution in [3.8, 4) is 0 Å². The number of ketones is 1. The molecule has 1 amide bonds. The number of halogens is 2. The molecule has 2 aromatic carbocycles. The van der Waals surface area contributed by atoms with E-state index in [1.165, 1.54) is 29.2 Å². The van der Waals surface area contributed by atoms with Gasteiger partial charge in [0.1, 0.15) is 5.82 Å². The van der Waals surface area contributed by atoms with Crippen LogP contribution in [0.5, 0.6) is 0 Å². The van der Waals surface area contributed by atoms with Gasteiger partial charge in [-0.3, -0.25) is 9.59 Å². The minimum atomic E-state index is -1.66. The van der Waals surface area contributed by atoms with Crippen molar-refractivity contribution in [1.29, 1.82) is 0 Å². The SMILES string of the molecule is O=C(O)C(=O)CC(=O)N(Cc1ccc(F)cc1)Cc1ccccc1Cl. The maximum atomic E-state index is 13.0. The van der Waals surface area contributed by atoms with Crippen LogP contribution in [0.15, 0.2) is 48.5 Å². The van der Waals surface area contributed by atoms with E-state index in [9.17, 15) is 18.8 Å². The fourth-order valence-corrected chi connectivity index (χ4v) is 2.39. The lowest BCUT2D eigenvalue weighted by molar-refractivity contribution is -0.151. The molecule has 0 aliphatic heterocycles. The third-order valence-corrected chi connectivity index (χ3v) is 3.88. The van der Waals surface area contributed by atoms with E-state index in [-0.39, 0.29) is 13.1 Å². The van der Waals surface area contributed by atoms with Crippen LogP contribution in [0.1, 0.15) is 17.5 Å². The summed E-state index contributed by atoms with van der Waals surface area (Å²) in [5.74, 6) is -3.90. The molecule has 2 aromatic rings. The first-order valence-electron chi connectivity index (χ1n) is 7.38. The number of carboxylic acid groups (broad SMARTS) is 1. The molecule has 0 bridgehead atoms. The van der Waals surface area contributed by atoms with Crippen molar-refractivity contribution in [3.63, 3.8) is 0 Å². The summed E-state index contributed by atoms with van der Waals surface area (Å²) in [5.41, 5.74) is 1.30. The highest BCUT2D eigenvalue weighted by Gasteiger charge is 2.22. The highest BCUT2D eigenvalue weighted by molar-refractivity contribution is 6.36. The number of hydrogen-bond donors (Lipinski definition) is 1. The van der Waals surface area contributed by atoms with Gasteiger partial charge in [0, 0.05) is 18.1 Å². The van der Waals surface area contributed by atoms with Gasteiger partial charge >= 0.3 is 5.97 Å². The fourth-order valence-electron chi connectivity index (χ4n) is 2.20. The Morgan fingerprint density at radius 2 is 1.64 bits per heavy atom. The molecule has 5 nitrogen and oxygen atoms in total. The summed E-state index contributed by atoms with van der Waals surface area (Å²) in [6.07, 6.45) is -0.749. The normalized spacial score (nSPS) is 10.3. The van der Waals surface area contributed by atoms with Gasteiger partial charge in [-0.05, 0) is 29.3 Å². The van der Waals surface area contributed by atoms with Gasteiger partial charge in [0.15, 0.2) is 0 Å². The minimum absolute atomic E-state index is 0.0945. The summed E-state index contributed by atoms with van der Waals surface area (Å²) in [4.78, 5) is 35.7. The molecule has 130 valence electrons. The lowest BCUT2D eigenvalue weighted by atomic mass is 10.1. The molecule has 0 saturated heterocycles. The number of amides is 1. The zero-order valence-corrected chi connectivity index (χ0v) is 13.9. The number of benzene rings is 2. The molecular formula is C18H15ClFNO4. The average Bonchev–Trinajstić information content (AvgIpc) is 2.57. The molecule has 0 aliphatic rings. The summed E-state index contributed by atoms with van der Waals surface area (Å²) in [5, 5.41) is 9.13. The van der Waals surface area contributed by atoms with Crippen LogP contribution in [0.4, 0.5) is 4.39 Å². The Labute approximate surface area is 148 Å². The molecule has 0 aromatic heterocycles. The number of hydrogen-bond acceptors (Lipinski definition) is 3. The van der Waals surface area contributed by atoms with E-state index in [4.69, 9.17) is 16.7 Å². The molecule has 25 heavy (non-hydrogen) atoms. The quantitative estimate of drug-likeness (QED) is 0.606. The van der Waals surface area contributed by atoms with Crippen LogP contribution in [-0.4, -0.2) is 27.7 Å². The third-order valence-electron chi connectivity index (χ3n) is 3.51. The van der Waals surface area contributed by atoms with Crippen LogP contribution in [0.2, 0.25) is 5.02 Å². The largest absolute Gasteiger partial charge is 0.475 e. The van der Waals surface area contributed by atoms with E-state index in [0.717, 1.165) is 0 Å². The molecule has 0 heterocycles. The first kappa shape index (κ1) is 18.6. The zero-order valence-electron chi connectivity index (χ0n) is 13.1. The summed E-state index contributed by atoms with van der Waals surface area (Å²) in [6, 6.07) is 12.4. The predicted molar refractivity (Wildman–Crippen MR) is 89.4 cm³/mol. The zero-order chi connectivity index (χ0) is 18.4. The second-order valence-corrected chi connectivity index (χ2v) is 5.78. The standard InChI is InChI=1S/C18H15ClFNO4/c19-15-4-2-1-3-13(15)11-21(17(23)9-16(22)18(24)25)10-12-5-7-14(20)8-6-12/h1-8H,9-11H2,(H,24,25). The maximum Gasteiger partial charge on any atom is 0.372 e. The maximum absolute atomic E-state index is 13.0. The lowest BCUT2D eigenvalue weighted by Crippen LogP contribution is -2.33. The van der Waals surface area contributed by atoms with Crippen molar-refractivity contribution in [2.45, 2.75) is 19.5 Å². The number of carboxylic acids is 1. The molecule has 0 unspecified atom stereocenters. The molecule has 2 rings (SSSR count). The van der Waals surface area contributed by atoms with Crippen LogP contribution in [0.3, 0.4) is 0 Å². The van der Waals surface area contributed by atoms with Gasteiger partial charge in [-0.2, -0.15) is 0 Å². The van der Waals surface area contributed by atoms with Crippen molar-refractivity contribution in [2.24, 2.45) is 0 Å². The van der Waals surface area contributed by atoms with Crippen LogP contribution < -0.4 is 0 Å². The average molecular weight is 364 g/mol. The van der Waals surface area contributed by atoms with Gasteiger partial charge in [0.2, 0.25) is 11.7 Å². The minimum Gasteiger partial charge on any atom is -0.475 e. The summed E-state index contributed by atoms with van der Waals surface area (Å²) >= 11 is 6.10. The third kappa shape index (κ3) is 5.39. The smallest absolute Gasteiger partial charge is 0.372 e. The molecule has 0 radical (unpaired) electrons. The van der Waals surface area contributed by atoms with Gasteiger partial charge in [0.05, 0.1) is 6.42 Å². The van der Waals surface area contributed by atoms with E-state index in [0.29, 0.717) is 16.1 Å². The van der Waals surface area contributed by atoms with Crippen molar-refractivity contribution in [1.82, 2.24) is 4.90 Å². The number of carbonyl (C=O) groups is 3. The van der Waals surface area contributed by atoms with Crippen molar-refractivity contribution in [2.75, 3.05) is 0 Å². The van der Waals surface area contributed by atoms with Gasteiger partial charge in [0.25, 0.3) is 0 Å². The molecule has 0 saturated carbocycles. The molecular weight excluding hydrogens is 349 g/mol. The Hall–Kier alpha value is -2.73. The second-order valence-electron chi connectivity index (χ2n) is 5.37. The van der Waals surface area contributed by atoms with E-state index in [1.807, 2.05) is 0 Å². The Bertz CT molecular complexity index is 792. The van der Waals surface area contributed by atoms with Crippen LogP contribution >= 0.6 is 11.6 Å². The number of aliphatic carboxylic acids is 1. The number of carbonyl (C=O) groups excluding carboxylic acids is 2. The van der Waals surface area contributed by atoms with Gasteiger partial charge < -0.3 is 10.0 Å². The Balaban J connectivity index is 2.22. The first-order chi connectivity index (χ1) is 11.9. The first-order valence-corrected chi connectivity index (χ1v) is 7.76.